The number of morpholine rings is 1. The Kier molecular flexibility index (Phi) is 7.33. The second-order valence-corrected chi connectivity index (χ2v) is 8.56. The first-order valence-corrected chi connectivity index (χ1v) is 11.3. The minimum absolute atomic E-state index is 0.0214. The van der Waals surface area contributed by atoms with Crippen molar-refractivity contribution in [2.24, 2.45) is 0 Å². The number of nitrogens with zero attached hydrogens (tertiary/aromatic N) is 2. The number of anilines is 1. The summed E-state index contributed by atoms with van der Waals surface area (Å²) in [6.45, 7) is 4.78. The molecule has 0 aliphatic carbocycles. The van der Waals surface area contributed by atoms with E-state index in [-0.39, 0.29) is 18.6 Å². The van der Waals surface area contributed by atoms with Gasteiger partial charge in [-0.15, -0.1) is 0 Å². The maximum atomic E-state index is 12.5. The molecule has 31 heavy (non-hydrogen) atoms. The van der Waals surface area contributed by atoms with E-state index in [0.717, 1.165) is 39.3 Å². The zero-order valence-electron chi connectivity index (χ0n) is 18.0. The Balaban J connectivity index is 1.42. The molecule has 2 heterocycles. The smallest absolute Gasteiger partial charge is 0.258 e. The van der Waals surface area contributed by atoms with E-state index < -0.39 is 0 Å². The van der Waals surface area contributed by atoms with E-state index >= 15 is 0 Å². The Bertz CT molecular complexity index is 884. The average Bonchev–Trinajstić information content (AvgIpc) is 2.80. The van der Waals surface area contributed by atoms with E-state index in [1.165, 1.54) is 23.2 Å². The van der Waals surface area contributed by atoms with E-state index in [4.69, 9.17) is 21.1 Å². The molecule has 1 saturated heterocycles. The Labute approximate surface area is 189 Å². The molecule has 2 aliphatic rings. The van der Waals surface area contributed by atoms with Gasteiger partial charge in [-0.2, -0.15) is 0 Å². The molecule has 2 aromatic carbocycles. The monoisotopic (exact) mass is 443 g/mol. The molecule has 0 unspecified atom stereocenters. The summed E-state index contributed by atoms with van der Waals surface area (Å²) in [7, 11) is 2.15. The lowest BCUT2D eigenvalue weighted by Gasteiger charge is -2.36. The standard InChI is InChI=1S/C24H30ClN3O3/c1-27-10-2-3-18-15-19(4-9-22(18)27)23(28-11-13-30-14-12-28)16-26-24(29)17-31-21-7-5-20(25)6-8-21/h4-9,15,23H,2-3,10-14,16-17H2,1H3,(H,26,29)/t23-/m0/s1. The number of carbonyl (C=O) groups excluding carboxylic acids is 1. The van der Waals surface area contributed by atoms with Gasteiger partial charge >= 0.3 is 0 Å². The van der Waals surface area contributed by atoms with Crippen molar-refractivity contribution < 1.29 is 14.3 Å². The van der Waals surface area contributed by atoms with Crippen LogP contribution in [0.5, 0.6) is 5.75 Å². The van der Waals surface area contributed by atoms with Gasteiger partial charge in [-0.3, -0.25) is 9.69 Å². The topological polar surface area (TPSA) is 54.0 Å². The number of ether oxygens (including phenoxy) is 2. The second-order valence-electron chi connectivity index (χ2n) is 8.12. The molecule has 7 heteroatoms. The van der Waals surface area contributed by atoms with Crippen molar-refractivity contribution >= 4 is 23.2 Å². The van der Waals surface area contributed by atoms with Crippen LogP contribution >= 0.6 is 11.6 Å². The molecular formula is C24H30ClN3O3. The number of amides is 1. The summed E-state index contributed by atoms with van der Waals surface area (Å²) in [6.07, 6.45) is 2.28. The van der Waals surface area contributed by atoms with Gasteiger partial charge in [0.2, 0.25) is 0 Å². The van der Waals surface area contributed by atoms with Gasteiger partial charge in [0.05, 0.1) is 19.3 Å². The molecule has 0 spiro atoms. The number of aryl methyl sites for hydroxylation is 1. The molecule has 166 valence electrons. The number of carbonyl (C=O) groups is 1. The number of rotatable bonds is 7. The normalized spacial score (nSPS) is 17.7. The molecule has 1 fully saturated rings. The summed E-state index contributed by atoms with van der Waals surface area (Å²) in [6, 6.07) is 13.9. The van der Waals surface area contributed by atoms with Crippen LogP contribution in [-0.2, 0) is 16.0 Å². The van der Waals surface area contributed by atoms with E-state index in [1.807, 2.05) is 0 Å². The fourth-order valence-corrected chi connectivity index (χ4v) is 4.43. The predicted molar refractivity (Wildman–Crippen MR) is 123 cm³/mol. The fourth-order valence-electron chi connectivity index (χ4n) is 4.30. The quantitative estimate of drug-likeness (QED) is 0.711. The third kappa shape index (κ3) is 5.70. The third-order valence-corrected chi connectivity index (χ3v) is 6.25. The van der Waals surface area contributed by atoms with Crippen LogP contribution in [0.3, 0.4) is 0 Å². The number of hydrogen-bond donors (Lipinski definition) is 1. The van der Waals surface area contributed by atoms with Gasteiger partial charge in [0.25, 0.3) is 5.91 Å². The zero-order valence-corrected chi connectivity index (χ0v) is 18.7. The van der Waals surface area contributed by atoms with Crippen molar-refractivity contribution in [2.75, 3.05) is 57.9 Å². The van der Waals surface area contributed by atoms with Crippen molar-refractivity contribution in [2.45, 2.75) is 18.9 Å². The summed E-state index contributed by atoms with van der Waals surface area (Å²) in [4.78, 5) is 17.2. The summed E-state index contributed by atoms with van der Waals surface area (Å²) in [5.41, 5.74) is 3.95. The highest BCUT2D eigenvalue weighted by molar-refractivity contribution is 6.30. The van der Waals surface area contributed by atoms with Crippen LogP contribution in [0.15, 0.2) is 42.5 Å². The number of halogens is 1. The second kappa shape index (κ2) is 10.4. The molecule has 1 amide bonds. The highest BCUT2D eigenvalue weighted by Gasteiger charge is 2.25. The van der Waals surface area contributed by atoms with Crippen LogP contribution in [0, 0.1) is 0 Å². The molecule has 0 radical (unpaired) electrons. The van der Waals surface area contributed by atoms with Gasteiger partial charge in [-0.1, -0.05) is 23.7 Å². The van der Waals surface area contributed by atoms with Gasteiger partial charge in [0.1, 0.15) is 5.75 Å². The highest BCUT2D eigenvalue weighted by Crippen LogP contribution is 2.31. The maximum Gasteiger partial charge on any atom is 0.258 e. The number of hydrogen-bond acceptors (Lipinski definition) is 5. The predicted octanol–water partition coefficient (Wildman–Crippen LogP) is 3.29. The molecule has 1 atom stereocenters. The van der Waals surface area contributed by atoms with Crippen LogP contribution in [-0.4, -0.2) is 63.9 Å². The molecule has 4 rings (SSSR count). The van der Waals surface area contributed by atoms with Crippen LogP contribution < -0.4 is 15.0 Å². The van der Waals surface area contributed by atoms with E-state index in [1.54, 1.807) is 24.3 Å². The first kappa shape index (κ1) is 21.9. The minimum atomic E-state index is -0.133. The van der Waals surface area contributed by atoms with E-state index in [0.29, 0.717) is 17.3 Å². The SMILES string of the molecule is CN1CCCc2cc([C@H](CNC(=O)COc3ccc(Cl)cc3)N3CCOCC3)ccc21. The fraction of sp³-hybridized carbons (Fsp3) is 0.458. The Morgan fingerprint density at radius 2 is 1.94 bits per heavy atom. The van der Waals surface area contributed by atoms with Gasteiger partial charge in [0.15, 0.2) is 6.61 Å². The summed E-state index contributed by atoms with van der Waals surface area (Å²) in [5, 5.41) is 3.71. The van der Waals surface area contributed by atoms with Gasteiger partial charge in [0, 0.05) is 43.9 Å². The Hall–Kier alpha value is -2.28. The van der Waals surface area contributed by atoms with Crippen molar-refractivity contribution in [3.05, 3.63) is 58.6 Å². The van der Waals surface area contributed by atoms with Crippen molar-refractivity contribution in [1.82, 2.24) is 10.2 Å². The van der Waals surface area contributed by atoms with Crippen LogP contribution in [0.1, 0.15) is 23.6 Å². The zero-order chi connectivity index (χ0) is 21.6. The molecule has 1 N–H and O–H groups in total. The Morgan fingerprint density at radius 3 is 2.71 bits per heavy atom. The first-order valence-electron chi connectivity index (χ1n) is 10.9. The molecule has 0 bridgehead atoms. The van der Waals surface area contributed by atoms with Crippen LogP contribution in [0.4, 0.5) is 5.69 Å². The largest absolute Gasteiger partial charge is 0.484 e. The van der Waals surface area contributed by atoms with Crippen molar-refractivity contribution in [3.8, 4) is 5.75 Å². The lowest BCUT2D eigenvalue weighted by atomic mass is 9.95. The molecular weight excluding hydrogens is 414 g/mol. The highest BCUT2D eigenvalue weighted by atomic mass is 35.5. The lowest BCUT2D eigenvalue weighted by Crippen LogP contribution is -2.44. The number of fused-ring (bicyclic) bond motifs is 1. The number of benzene rings is 2. The summed E-state index contributed by atoms with van der Waals surface area (Å²) in [5.74, 6) is 0.494. The van der Waals surface area contributed by atoms with Crippen molar-refractivity contribution in [1.29, 1.82) is 0 Å². The number of nitrogens with one attached hydrogen (secondary N) is 1. The van der Waals surface area contributed by atoms with Gasteiger partial charge in [-0.25, -0.2) is 0 Å². The third-order valence-electron chi connectivity index (χ3n) is 6.00. The summed E-state index contributed by atoms with van der Waals surface area (Å²) >= 11 is 5.89. The van der Waals surface area contributed by atoms with Crippen LogP contribution in [0.25, 0.3) is 0 Å². The minimum Gasteiger partial charge on any atom is -0.484 e. The molecule has 2 aliphatic heterocycles. The van der Waals surface area contributed by atoms with E-state index in [2.05, 4.69) is 40.4 Å². The maximum absolute atomic E-state index is 12.5. The summed E-state index contributed by atoms with van der Waals surface area (Å²) < 4.78 is 11.1. The van der Waals surface area contributed by atoms with Crippen LogP contribution in [0.2, 0.25) is 5.02 Å². The Morgan fingerprint density at radius 1 is 1.16 bits per heavy atom. The van der Waals surface area contributed by atoms with Gasteiger partial charge < -0.3 is 19.7 Å². The molecule has 6 nitrogen and oxygen atoms in total. The molecule has 0 aromatic heterocycles. The average molecular weight is 444 g/mol. The lowest BCUT2D eigenvalue weighted by molar-refractivity contribution is -0.123. The van der Waals surface area contributed by atoms with Crippen molar-refractivity contribution in [3.63, 3.8) is 0 Å². The molecule has 2 aromatic rings. The first-order chi connectivity index (χ1) is 15.1. The molecule has 0 saturated carbocycles. The van der Waals surface area contributed by atoms with E-state index in [9.17, 15) is 4.79 Å². The van der Waals surface area contributed by atoms with Gasteiger partial charge in [-0.05, 0) is 54.3 Å².